The molecule has 4 rings (SSSR count). The number of carbonyl (C=O) groups is 2. The molecule has 3 aromatic rings. The van der Waals surface area contributed by atoms with Gasteiger partial charge in [0.15, 0.2) is 0 Å². The topological polar surface area (TPSA) is 84.3 Å². The molecule has 0 aliphatic carbocycles. The molecule has 0 saturated carbocycles. The van der Waals surface area contributed by atoms with Gasteiger partial charge in [-0.1, -0.05) is 0 Å². The van der Waals surface area contributed by atoms with Crippen LogP contribution in [0.4, 0.5) is 11.4 Å². The van der Waals surface area contributed by atoms with Crippen LogP contribution in [-0.2, 0) is 18.3 Å². The molecule has 28 heavy (non-hydrogen) atoms. The van der Waals surface area contributed by atoms with Gasteiger partial charge in [-0.2, -0.15) is 0 Å². The van der Waals surface area contributed by atoms with E-state index in [1.165, 1.54) is 22.2 Å². The third kappa shape index (κ3) is 2.80. The molecule has 1 N–H and O–H groups in total. The molecule has 1 aliphatic rings. The van der Waals surface area contributed by atoms with E-state index in [1.807, 2.05) is 19.1 Å². The Balaban J connectivity index is 1.65. The van der Waals surface area contributed by atoms with E-state index in [4.69, 9.17) is 0 Å². The highest BCUT2D eigenvalue weighted by molar-refractivity contribution is 7.20. The van der Waals surface area contributed by atoms with Gasteiger partial charge in [0, 0.05) is 31.4 Å². The van der Waals surface area contributed by atoms with E-state index in [1.54, 1.807) is 31.9 Å². The number of thiophene rings is 1. The Morgan fingerprint density at radius 3 is 2.79 bits per heavy atom. The lowest BCUT2D eigenvalue weighted by atomic mass is 10.1. The Labute approximate surface area is 165 Å². The minimum Gasteiger partial charge on any atom is -0.321 e. The number of rotatable bonds is 2. The van der Waals surface area contributed by atoms with Crippen molar-refractivity contribution in [3.8, 4) is 0 Å². The van der Waals surface area contributed by atoms with Gasteiger partial charge >= 0.3 is 0 Å². The predicted molar refractivity (Wildman–Crippen MR) is 110 cm³/mol. The van der Waals surface area contributed by atoms with Crippen molar-refractivity contribution in [2.75, 3.05) is 10.2 Å². The van der Waals surface area contributed by atoms with Crippen molar-refractivity contribution in [1.82, 2.24) is 9.55 Å². The third-order valence-electron chi connectivity index (χ3n) is 5.11. The number of amides is 2. The normalized spacial score (nSPS) is 15.7. The fourth-order valence-electron chi connectivity index (χ4n) is 3.80. The third-order valence-corrected chi connectivity index (χ3v) is 6.31. The second kappa shape index (κ2) is 6.56. The molecule has 3 heterocycles. The monoisotopic (exact) mass is 396 g/mol. The highest BCUT2D eigenvalue weighted by Gasteiger charge is 2.29. The van der Waals surface area contributed by atoms with Gasteiger partial charge in [0.25, 0.3) is 11.5 Å². The average Bonchev–Trinajstić information content (AvgIpc) is 3.14. The van der Waals surface area contributed by atoms with E-state index in [2.05, 4.69) is 10.3 Å². The standard InChI is InChI=1S/C20H20N4O3S/c1-10-7-13-8-14(5-6-15(13)24(10)12(3)25)22-18(26)17-11(2)16-19(28-17)21-9-23(4)20(16)27/h5-6,8-10H,7H2,1-4H3,(H,22,26)/t10-/m1/s1. The molecule has 1 aromatic carbocycles. The van der Waals surface area contributed by atoms with Gasteiger partial charge in [0.05, 0.1) is 16.6 Å². The van der Waals surface area contributed by atoms with Crippen LogP contribution in [0.25, 0.3) is 10.2 Å². The predicted octanol–water partition coefficient (Wildman–Crippen LogP) is 2.85. The summed E-state index contributed by atoms with van der Waals surface area (Å²) in [5.41, 5.74) is 3.07. The second-order valence-electron chi connectivity index (χ2n) is 7.14. The van der Waals surface area contributed by atoms with Crippen molar-refractivity contribution in [3.63, 3.8) is 0 Å². The largest absolute Gasteiger partial charge is 0.321 e. The SMILES string of the molecule is CC(=O)N1c2ccc(NC(=O)c3sc4ncn(C)c(=O)c4c3C)cc2C[C@H]1C. The average molecular weight is 396 g/mol. The van der Waals surface area contributed by atoms with Crippen molar-refractivity contribution in [1.29, 1.82) is 0 Å². The molecule has 2 amide bonds. The van der Waals surface area contributed by atoms with Crippen LogP contribution in [0.15, 0.2) is 29.3 Å². The zero-order valence-corrected chi connectivity index (χ0v) is 16.9. The van der Waals surface area contributed by atoms with Crippen LogP contribution in [0.1, 0.15) is 34.6 Å². The van der Waals surface area contributed by atoms with Crippen LogP contribution in [0, 0.1) is 6.92 Å². The molecule has 0 saturated heterocycles. The molecular formula is C20H20N4O3S. The minimum atomic E-state index is -0.267. The summed E-state index contributed by atoms with van der Waals surface area (Å²) >= 11 is 1.21. The van der Waals surface area contributed by atoms with E-state index in [9.17, 15) is 14.4 Å². The van der Waals surface area contributed by atoms with Crippen molar-refractivity contribution < 1.29 is 9.59 Å². The molecule has 0 spiro atoms. The lowest BCUT2D eigenvalue weighted by Gasteiger charge is -2.20. The fourth-order valence-corrected chi connectivity index (χ4v) is 4.84. The number of nitrogens with zero attached hydrogens (tertiary/aromatic N) is 3. The van der Waals surface area contributed by atoms with Crippen molar-refractivity contribution in [2.24, 2.45) is 7.05 Å². The summed E-state index contributed by atoms with van der Waals surface area (Å²) in [7, 11) is 1.64. The van der Waals surface area contributed by atoms with E-state index < -0.39 is 0 Å². The van der Waals surface area contributed by atoms with E-state index in [-0.39, 0.29) is 23.4 Å². The summed E-state index contributed by atoms with van der Waals surface area (Å²) in [6.07, 6.45) is 2.21. The highest BCUT2D eigenvalue weighted by Crippen LogP contribution is 2.34. The molecule has 1 atom stereocenters. The first-order chi connectivity index (χ1) is 13.3. The Morgan fingerprint density at radius 1 is 1.32 bits per heavy atom. The summed E-state index contributed by atoms with van der Waals surface area (Å²) in [6, 6.07) is 5.67. The zero-order valence-electron chi connectivity index (χ0n) is 16.1. The molecule has 2 aromatic heterocycles. The lowest BCUT2D eigenvalue weighted by Crippen LogP contribution is -2.33. The molecule has 0 unspecified atom stereocenters. The number of carbonyl (C=O) groups excluding carboxylic acids is 2. The second-order valence-corrected chi connectivity index (χ2v) is 8.14. The Kier molecular flexibility index (Phi) is 4.30. The van der Waals surface area contributed by atoms with Gasteiger partial charge in [-0.3, -0.25) is 14.4 Å². The number of hydrogen-bond acceptors (Lipinski definition) is 5. The zero-order chi connectivity index (χ0) is 20.2. The summed E-state index contributed by atoms with van der Waals surface area (Å²) in [4.78, 5) is 44.1. The number of hydrogen-bond donors (Lipinski definition) is 1. The van der Waals surface area contributed by atoms with Crippen molar-refractivity contribution in [3.05, 3.63) is 50.9 Å². The molecule has 1 aliphatic heterocycles. The number of benzene rings is 1. The smallest absolute Gasteiger partial charge is 0.266 e. The van der Waals surface area contributed by atoms with Crippen molar-refractivity contribution in [2.45, 2.75) is 33.2 Å². The maximum Gasteiger partial charge on any atom is 0.266 e. The van der Waals surface area contributed by atoms with Gasteiger partial charge in [0.2, 0.25) is 5.91 Å². The van der Waals surface area contributed by atoms with Gasteiger partial charge < -0.3 is 14.8 Å². The number of aromatic nitrogens is 2. The molecule has 8 heteroatoms. The van der Waals surface area contributed by atoms with Crippen LogP contribution < -0.4 is 15.8 Å². The van der Waals surface area contributed by atoms with E-state index in [0.717, 1.165) is 17.7 Å². The number of aryl methyl sites for hydroxylation is 2. The number of fused-ring (bicyclic) bond motifs is 2. The summed E-state index contributed by atoms with van der Waals surface area (Å²) in [5.74, 6) is -0.255. The first kappa shape index (κ1) is 18.4. The van der Waals surface area contributed by atoms with Crippen LogP contribution in [0.2, 0.25) is 0 Å². The molecule has 0 bridgehead atoms. The Bertz CT molecular complexity index is 1190. The summed E-state index contributed by atoms with van der Waals surface area (Å²) < 4.78 is 1.41. The summed E-state index contributed by atoms with van der Waals surface area (Å²) in [6.45, 7) is 5.34. The van der Waals surface area contributed by atoms with Gasteiger partial charge in [0.1, 0.15) is 4.83 Å². The van der Waals surface area contributed by atoms with Crippen LogP contribution >= 0.6 is 11.3 Å². The molecule has 7 nitrogen and oxygen atoms in total. The van der Waals surface area contributed by atoms with E-state index in [0.29, 0.717) is 26.3 Å². The van der Waals surface area contributed by atoms with Crippen LogP contribution in [0.5, 0.6) is 0 Å². The van der Waals surface area contributed by atoms with Crippen LogP contribution in [0.3, 0.4) is 0 Å². The van der Waals surface area contributed by atoms with Gasteiger partial charge in [-0.25, -0.2) is 4.98 Å². The maximum atomic E-state index is 12.8. The fraction of sp³-hybridized carbons (Fsp3) is 0.300. The highest BCUT2D eigenvalue weighted by atomic mass is 32.1. The molecule has 0 fully saturated rings. The first-order valence-electron chi connectivity index (χ1n) is 8.96. The van der Waals surface area contributed by atoms with Crippen LogP contribution in [-0.4, -0.2) is 27.4 Å². The molecule has 0 radical (unpaired) electrons. The van der Waals surface area contributed by atoms with Gasteiger partial charge in [-0.05, 0) is 49.6 Å². The first-order valence-corrected chi connectivity index (χ1v) is 9.78. The molecular weight excluding hydrogens is 376 g/mol. The van der Waals surface area contributed by atoms with Gasteiger partial charge in [-0.15, -0.1) is 11.3 Å². The number of anilines is 2. The maximum absolute atomic E-state index is 12.8. The van der Waals surface area contributed by atoms with Crippen molar-refractivity contribution >= 4 is 44.7 Å². The minimum absolute atomic E-state index is 0.0121. The van der Waals surface area contributed by atoms with E-state index >= 15 is 0 Å². The Morgan fingerprint density at radius 2 is 2.07 bits per heavy atom. The molecule has 144 valence electrons. The number of nitrogens with one attached hydrogen (secondary N) is 1. The summed E-state index contributed by atoms with van der Waals surface area (Å²) in [5, 5.41) is 3.40. The quantitative estimate of drug-likeness (QED) is 0.722. The lowest BCUT2D eigenvalue weighted by molar-refractivity contribution is -0.116. The Hall–Kier alpha value is -3.00.